The summed E-state index contributed by atoms with van der Waals surface area (Å²) >= 11 is 0. The largest absolute Gasteiger partial charge is 0.0619 e. The SMILES string of the molecule is CC1C2=C(Cc3ccccc32)c2ccccc2C12CCCCC2. The highest BCUT2D eigenvalue weighted by molar-refractivity contribution is 6.01. The van der Waals surface area contributed by atoms with Gasteiger partial charge in [-0.2, -0.15) is 0 Å². The maximum absolute atomic E-state index is 2.51. The van der Waals surface area contributed by atoms with E-state index in [1.54, 1.807) is 22.3 Å². The van der Waals surface area contributed by atoms with Gasteiger partial charge in [-0.25, -0.2) is 0 Å². The van der Waals surface area contributed by atoms with Crippen LogP contribution in [0.15, 0.2) is 48.5 Å². The topological polar surface area (TPSA) is 0 Å². The highest BCUT2D eigenvalue weighted by atomic mass is 14.5. The normalized spacial score (nSPS) is 24.3. The summed E-state index contributed by atoms with van der Waals surface area (Å²) in [6.45, 7) is 2.51. The maximum Gasteiger partial charge on any atom is 0.00253 e. The molecule has 1 spiro atoms. The molecule has 2 aromatic rings. The van der Waals surface area contributed by atoms with Crippen LogP contribution in [0.4, 0.5) is 0 Å². The first-order valence-corrected chi connectivity index (χ1v) is 9.22. The Morgan fingerprint density at radius 2 is 1.52 bits per heavy atom. The molecule has 1 fully saturated rings. The van der Waals surface area contributed by atoms with Gasteiger partial charge in [-0.1, -0.05) is 74.7 Å². The lowest BCUT2D eigenvalue weighted by molar-refractivity contribution is 0.238. The molecule has 0 nitrogen and oxygen atoms in total. The molecule has 2 aromatic carbocycles. The van der Waals surface area contributed by atoms with Crippen molar-refractivity contribution in [3.63, 3.8) is 0 Å². The van der Waals surface area contributed by atoms with E-state index in [-0.39, 0.29) is 0 Å². The lowest BCUT2D eigenvalue weighted by Crippen LogP contribution is -2.39. The average Bonchev–Trinajstić information content (AvgIpc) is 3.00. The molecule has 0 aliphatic heterocycles. The van der Waals surface area contributed by atoms with Crippen molar-refractivity contribution in [2.75, 3.05) is 0 Å². The fraction of sp³-hybridized carbons (Fsp3) is 0.391. The Hall–Kier alpha value is -1.82. The van der Waals surface area contributed by atoms with Gasteiger partial charge in [0, 0.05) is 5.41 Å². The molecule has 116 valence electrons. The van der Waals surface area contributed by atoms with Crippen LogP contribution in [-0.2, 0) is 11.8 Å². The van der Waals surface area contributed by atoms with Crippen LogP contribution in [0.25, 0.3) is 11.1 Å². The van der Waals surface area contributed by atoms with Crippen molar-refractivity contribution in [1.82, 2.24) is 0 Å². The highest BCUT2D eigenvalue weighted by Gasteiger charge is 2.47. The van der Waals surface area contributed by atoms with Gasteiger partial charge in [0.15, 0.2) is 0 Å². The van der Waals surface area contributed by atoms with E-state index in [1.807, 2.05) is 0 Å². The zero-order chi connectivity index (χ0) is 15.4. The molecular formula is C23H24. The van der Waals surface area contributed by atoms with E-state index in [2.05, 4.69) is 55.5 Å². The van der Waals surface area contributed by atoms with Crippen molar-refractivity contribution in [3.05, 3.63) is 70.8 Å². The Kier molecular flexibility index (Phi) is 2.86. The predicted molar refractivity (Wildman–Crippen MR) is 97.3 cm³/mol. The van der Waals surface area contributed by atoms with Gasteiger partial charge in [-0.3, -0.25) is 0 Å². The molecule has 0 aromatic heterocycles. The first kappa shape index (κ1) is 13.6. The molecule has 1 atom stereocenters. The zero-order valence-electron chi connectivity index (χ0n) is 13.9. The third-order valence-corrected chi connectivity index (χ3v) is 6.80. The van der Waals surface area contributed by atoms with Crippen LogP contribution in [-0.4, -0.2) is 0 Å². The summed E-state index contributed by atoms with van der Waals surface area (Å²) in [5.74, 6) is 0.649. The molecule has 3 aliphatic carbocycles. The van der Waals surface area contributed by atoms with E-state index in [4.69, 9.17) is 0 Å². The third kappa shape index (κ3) is 1.73. The standard InChI is InChI=1S/C23H24/c1-16-22-18-10-4-3-9-17(18)15-20(22)19-11-5-6-12-21(19)23(16)13-7-2-8-14-23/h3-6,9-12,16H,2,7-8,13-15H2,1H3. The summed E-state index contributed by atoms with van der Waals surface area (Å²) in [4.78, 5) is 0. The summed E-state index contributed by atoms with van der Waals surface area (Å²) in [5, 5.41) is 0. The Bertz CT molecular complexity index is 802. The van der Waals surface area contributed by atoms with E-state index < -0.39 is 0 Å². The first-order valence-electron chi connectivity index (χ1n) is 9.22. The Morgan fingerprint density at radius 3 is 2.35 bits per heavy atom. The molecular weight excluding hydrogens is 276 g/mol. The number of hydrogen-bond donors (Lipinski definition) is 0. The van der Waals surface area contributed by atoms with Gasteiger partial charge in [-0.15, -0.1) is 0 Å². The summed E-state index contributed by atoms with van der Waals surface area (Å²) in [6.07, 6.45) is 8.06. The lowest BCUT2D eigenvalue weighted by Gasteiger charge is -2.48. The minimum atomic E-state index is 0.380. The molecule has 0 heteroatoms. The van der Waals surface area contributed by atoms with Crippen molar-refractivity contribution in [2.24, 2.45) is 5.92 Å². The monoisotopic (exact) mass is 300 g/mol. The van der Waals surface area contributed by atoms with Gasteiger partial charge in [0.1, 0.15) is 0 Å². The highest BCUT2D eigenvalue weighted by Crippen LogP contribution is 2.58. The number of benzene rings is 2. The van der Waals surface area contributed by atoms with E-state index in [9.17, 15) is 0 Å². The van der Waals surface area contributed by atoms with Gasteiger partial charge in [-0.05, 0) is 58.6 Å². The molecule has 0 amide bonds. The molecule has 23 heavy (non-hydrogen) atoms. The molecule has 0 N–H and O–H groups in total. The molecule has 3 aliphatic rings. The fourth-order valence-electron chi connectivity index (χ4n) is 5.70. The number of allylic oxidation sites excluding steroid dienone is 2. The summed E-state index contributed by atoms with van der Waals surface area (Å²) in [5.41, 5.74) is 9.94. The Morgan fingerprint density at radius 1 is 0.826 bits per heavy atom. The van der Waals surface area contributed by atoms with Crippen LogP contribution in [0.5, 0.6) is 0 Å². The smallest absolute Gasteiger partial charge is 0.00253 e. The minimum Gasteiger partial charge on any atom is -0.0619 e. The number of fused-ring (bicyclic) bond motifs is 5. The molecule has 0 heterocycles. The molecule has 1 unspecified atom stereocenters. The van der Waals surface area contributed by atoms with E-state index in [1.165, 1.54) is 43.2 Å². The van der Waals surface area contributed by atoms with Crippen LogP contribution in [0.3, 0.4) is 0 Å². The first-order chi connectivity index (χ1) is 11.3. The van der Waals surface area contributed by atoms with E-state index in [0.717, 1.165) is 6.42 Å². The van der Waals surface area contributed by atoms with Gasteiger partial charge < -0.3 is 0 Å². The van der Waals surface area contributed by atoms with Crippen LogP contribution in [0.1, 0.15) is 61.3 Å². The van der Waals surface area contributed by atoms with E-state index >= 15 is 0 Å². The molecule has 0 bridgehead atoms. The average molecular weight is 300 g/mol. The van der Waals surface area contributed by atoms with Crippen LogP contribution in [0, 0.1) is 5.92 Å². The molecule has 0 saturated heterocycles. The summed E-state index contributed by atoms with van der Waals surface area (Å²) in [7, 11) is 0. The van der Waals surface area contributed by atoms with Crippen molar-refractivity contribution >= 4 is 11.1 Å². The van der Waals surface area contributed by atoms with Gasteiger partial charge in [0.05, 0.1) is 0 Å². The minimum absolute atomic E-state index is 0.380. The quantitative estimate of drug-likeness (QED) is 0.559. The van der Waals surface area contributed by atoms with Crippen molar-refractivity contribution in [2.45, 2.75) is 50.9 Å². The molecule has 5 rings (SSSR count). The van der Waals surface area contributed by atoms with Gasteiger partial charge >= 0.3 is 0 Å². The zero-order valence-corrected chi connectivity index (χ0v) is 13.9. The third-order valence-electron chi connectivity index (χ3n) is 6.80. The lowest BCUT2D eigenvalue weighted by atomic mass is 9.56. The Labute approximate surface area is 139 Å². The van der Waals surface area contributed by atoms with Crippen molar-refractivity contribution in [3.8, 4) is 0 Å². The second-order valence-electron chi connectivity index (χ2n) is 7.71. The van der Waals surface area contributed by atoms with Crippen molar-refractivity contribution < 1.29 is 0 Å². The van der Waals surface area contributed by atoms with Crippen molar-refractivity contribution in [1.29, 1.82) is 0 Å². The maximum atomic E-state index is 2.51. The van der Waals surface area contributed by atoms with Gasteiger partial charge in [0.25, 0.3) is 0 Å². The fourth-order valence-corrected chi connectivity index (χ4v) is 5.70. The second-order valence-corrected chi connectivity index (χ2v) is 7.71. The summed E-state index contributed by atoms with van der Waals surface area (Å²) in [6, 6.07) is 18.4. The summed E-state index contributed by atoms with van der Waals surface area (Å²) < 4.78 is 0. The second kappa shape index (κ2) is 4.84. The van der Waals surface area contributed by atoms with E-state index in [0.29, 0.717) is 11.3 Å². The van der Waals surface area contributed by atoms with Crippen LogP contribution >= 0.6 is 0 Å². The van der Waals surface area contributed by atoms with Crippen LogP contribution in [0.2, 0.25) is 0 Å². The van der Waals surface area contributed by atoms with Crippen LogP contribution < -0.4 is 0 Å². The number of hydrogen-bond acceptors (Lipinski definition) is 0. The molecule has 1 saturated carbocycles. The predicted octanol–water partition coefficient (Wildman–Crippen LogP) is 6.01. The number of rotatable bonds is 0. The Balaban J connectivity index is 1.78. The van der Waals surface area contributed by atoms with Gasteiger partial charge in [0.2, 0.25) is 0 Å². The molecule has 0 radical (unpaired) electrons.